The second kappa shape index (κ2) is 5.28. The van der Waals surface area contributed by atoms with E-state index in [0.29, 0.717) is 6.54 Å². The zero-order valence-corrected chi connectivity index (χ0v) is 13.0. The lowest BCUT2D eigenvalue weighted by Crippen LogP contribution is -2.49. The average Bonchev–Trinajstić information content (AvgIpc) is 2.84. The summed E-state index contributed by atoms with van der Waals surface area (Å²) in [5, 5.41) is 0. The molecule has 2 aromatic rings. The molecule has 1 saturated heterocycles. The van der Waals surface area contributed by atoms with Crippen molar-refractivity contribution in [3.63, 3.8) is 0 Å². The second-order valence-corrected chi connectivity index (χ2v) is 5.96. The molecule has 23 heavy (non-hydrogen) atoms. The number of methoxy groups -OCH3 is 1. The third-order valence-corrected chi connectivity index (χ3v) is 4.78. The number of hydrogen-bond donors (Lipinski definition) is 1. The smallest absolute Gasteiger partial charge is 0.412 e. The van der Waals surface area contributed by atoms with Gasteiger partial charge in [-0.25, -0.2) is 4.79 Å². The lowest BCUT2D eigenvalue weighted by molar-refractivity contribution is 0.119. The summed E-state index contributed by atoms with van der Waals surface area (Å²) in [5.74, 6) is 0. The highest BCUT2D eigenvalue weighted by atomic mass is 16.5. The van der Waals surface area contributed by atoms with Crippen molar-refractivity contribution in [3.8, 4) is 0 Å². The summed E-state index contributed by atoms with van der Waals surface area (Å²) in [6.45, 7) is 0.527. The Hall–Kier alpha value is -2.53. The lowest BCUT2D eigenvalue weighted by Gasteiger charge is -2.30. The maximum atomic E-state index is 12.1. The molecule has 5 heteroatoms. The van der Waals surface area contributed by atoms with Crippen LogP contribution in [0, 0.1) is 0 Å². The molecular formula is C18H19N3O2. The van der Waals surface area contributed by atoms with E-state index in [0.717, 1.165) is 12.1 Å². The second-order valence-electron chi connectivity index (χ2n) is 5.96. The van der Waals surface area contributed by atoms with Crippen LogP contribution in [0.3, 0.4) is 0 Å². The van der Waals surface area contributed by atoms with E-state index in [2.05, 4.69) is 35.2 Å². The van der Waals surface area contributed by atoms with Crippen LogP contribution < -0.4 is 10.6 Å². The van der Waals surface area contributed by atoms with E-state index in [1.807, 2.05) is 18.2 Å². The Kier molecular flexibility index (Phi) is 3.23. The molecule has 1 amide bonds. The summed E-state index contributed by atoms with van der Waals surface area (Å²) in [6.07, 6.45) is -0.0371. The zero-order valence-electron chi connectivity index (χ0n) is 13.0. The molecule has 0 saturated carbocycles. The first kappa shape index (κ1) is 14.1. The Morgan fingerprint density at radius 3 is 2.61 bits per heavy atom. The first-order valence-corrected chi connectivity index (χ1v) is 7.75. The molecule has 2 aromatic carbocycles. The number of para-hydroxylation sites is 1. The van der Waals surface area contributed by atoms with Crippen molar-refractivity contribution >= 4 is 11.8 Å². The van der Waals surface area contributed by atoms with Crippen LogP contribution in [0.5, 0.6) is 0 Å². The molecule has 2 aliphatic rings. The molecule has 0 spiro atoms. The molecule has 0 aromatic heterocycles. The van der Waals surface area contributed by atoms with Gasteiger partial charge in [0.15, 0.2) is 6.29 Å². The fourth-order valence-corrected chi connectivity index (χ4v) is 3.71. The number of benzene rings is 2. The molecule has 2 unspecified atom stereocenters. The SMILES string of the molecule is COC(=O)N1CC2c3ccccc3Cc3ccccc3N2C1N. The van der Waals surface area contributed by atoms with E-state index in [4.69, 9.17) is 10.5 Å². The number of carbonyl (C=O) groups excluding carboxylic acids is 1. The van der Waals surface area contributed by atoms with Gasteiger partial charge < -0.3 is 9.64 Å². The number of nitrogens with zero attached hydrogens (tertiary/aromatic N) is 2. The van der Waals surface area contributed by atoms with Crippen molar-refractivity contribution in [2.24, 2.45) is 5.73 Å². The number of anilines is 1. The fraction of sp³-hybridized carbons (Fsp3) is 0.278. The molecule has 0 aliphatic carbocycles. The van der Waals surface area contributed by atoms with Gasteiger partial charge in [-0.2, -0.15) is 0 Å². The van der Waals surface area contributed by atoms with Gasteiger partial charge in [0.05, 0.1) is 19.7 Å². The summed E-state index contributed by atoms with van der Waals surface area (Å²) >= 11 is 0. The fourth-order valence-electron chi connectivity index (χ4n) is 3.71. The Morgan fingerprint density at radius 2 is 1.83 bits per heavy atom. The van der Waals surface area contributed by atoms with Gasteiger partial charge in [0.2, 0.25) is 0 Å². The number of amides is 1. The Balaban J connectivity index is 1.88. The molecule has 0 bridgehead atoms. The average molecular weight is 309 g/mol. The molecule has 2 heterocycles. The van der Waals surface area contributed by atoms with Gasteiger partial charge >= 0.3 is 6.09 Å². The molecule has 4 rings (SSSR count). The molecule has 2 aliphatic heterocycles. The molecule has 2 N–H and O–H groups in total. The van der Waals surface area contributed by atoms with Crippen LogP contribution in [0.1, 0.15) is 22.7 Å². The van der Waals surface area contributed by atoms with Crippen LogP contribution in [0.25, 0.3) is 0 Å². The number of rotatable bonds is 0. The third-order valence-electron chi connectivity index (χ3n) is 4.78. The predicted octanol–water partition coefficient (Wildman–Crippen LogP) is 2.46. The van der Waals surface area contributed by atoms with E-state index in [1.54, 1.807) is 4.90 Å². The summed E-state index contributed by atoms with van der Waals surface area (Å²) in [5.41, 5.74) is 11.2. The van der Waals surface area contributed by atoms with Crippen LogP contribution in [0.2, 0.25) is 0 Å². The molecule has 1 fully saturated rings. The van der Waals surface area contributed by atoms with E-state index in [9.17, 15) is 4.79 Å². The summed E-state index contributed by atoms with van der Waals surface area (Å²) < 4.78 is 4.90. The quantitative estimate of drug-likeness (QED) is 0.812. The maximum absolute atomic E-state index is 12.1. The highest BCUT2D eigenvalue weighted by Gasteiger charge is 2.43. The van der Waals surface area contributed by atoms with Gasteiger partial charge in [0.1, 0.15) is 0 Å². The van der Waals surface area contributed by atoms with Gasteiger partial charge in [-0.3, -0.25) is 10.6 Å². The minimum absolute atomic E-state index is 0.0453. The summed E-state index contributed by atoms with van der Waals surface area (Å²) in [4.78, 5) is 15.8. The van der Waals surface area contributed by atoms with Crippen LogP contribution in [0.4, 0.5) is 10.5 Å². The number of hydrogen-bond acceptors (Lipinski definition) is 4. The monoisotopic (exact) mass is 309 g/mol. The van der Waals surface area contributed by atoms with E-state index in [-0.39, 0.29) is 12.1 Å². The summed E-state index contributed by atoms with van der Waals surface area (Å²) in [7, 11) is 1.39. The van der Waals surface area contributed by atoms with Gasteiger partial charge in [-0.05, 0) is 29.2 Å². The van der Waals surface area contributed by atoms with Gasteiger partial charge in [-0.1, -0.05) is 42.5 Å². The number of nitrogens with two attached hydrogens (primary N) is 1. The maximum Gasteiger partial charge on any atom is 0.412 e. The van der Waals surface area contributed by atoms with E-state index >= 15 is 0 Å². The van der Waals surface area contributed by atoms with Crippen molar-refractivity contribution in [1.82, 2.24) is 4.90 Å². The highest BCUT2D eigenvalue weighted by Crippen LogP contribution is 2.42. The topological polar surface area (TPSA) is 58.8 Å². The molecular weight excluding hydrogens is 290 g/mol. The number of fused-ring (bicyclic) bond motifs is 5. The van der Waals surface area contributed by atoms with Gasteiger partial charge in [0.25, 0.3) is 0 Å². The third kappa shape index (κ3) is 2.08. The van der Waals surface area contributed by atoms with Gasteiger partial charge in [0, 0.05) is 5.69 Å². The van der Waals surface area contributed by atoms with Crippen molar-refractivity contribution in [2.75, 3.05) is 18.6 Å². The minimum Gasteiger partial charge on any atom is -0.453 e. The van der Waals surface area contributed by atoms with Crippen LogP contribution in [0.15, 0.2) is 48.5 Å². The number of carbonyl (C=O) groups is 1. The zero-order chi connectivity index (χ0) is 16.0. The predicted molar refractivity (Wildman–Crippen MR) is 88.0 cm³/mol. The van der Waals surface area contributed by atoms with Crippen LogP contribution in [-0.4, -0.2) is 30.9 Å². The summed E-state index contributed by atoms with van der Waals surface area (Å²) in [6, 6.07) is 16.7. The Labute approximate surface area is 135 Å². The standard InChI is InChI=1S/C18H19N3O2/c1-23-18(22)20-11-16-14-8-4-2-6-12(14)10-13-7-3-5-9-15(13)21(16)17(20)19/h2-9,16-17H,10-11,19H2,1H3. The van der Waals surface area contributed by atoms with Crippen LogP contribution in [-0.2, 0) is 11.2 Å². The minimum atomic E-state index is -0.528. The molecule has 2 atom stereocenters. The normalized spacial score (nSPS) is 22.0. The van der Waals surface area contributed by atoms with Gasteiger partial charge in [-0.15, -0.1) is 0 Å². The Bertz CT molecular complexity index is 761. The van der Waals surface area contributed by atoms with Crippen molar-refractivity contribution in [1.29, 1.82) is 0 Å². The van der Waals surface area contributed by atoms with E-state index < -0.39 is 6.29 Å². The Morgan fingerprint density at radius 1 is 1.13 bits per heavy atom. The van der Waals surface area contributed by atoms with Crippen molar-refractivity contribution in [2.45, 2.75) is 18.8 Å². The largest absolute Gasteiger partial charge is 0.453 e. The first-order valence-electron chi connectivity index (χ1n) is 7.75. The lowest BCUT2D eigenvalue weighted by atomic mass is 9.97. The van der Waals surface area contributed by atoms with Crippen molar-refractivity contribution in [3.05, 3.63) is 65.2 Å². The first-order chi connectivity index (χ1) is 11.2. The highest BCUT2D eigenvalue weighted by molar-refractivity contribution is 5.71. The molecule has 5 nitrogen and oxygen atoms in total. The number of ether oxygens (including phenoxy) is 1. The van der Waals surface area contributed by atoms with Crippen LogP contribution >= 0.6 is 0 Å². The molecule has 0 radical (unpaired) electrons. The van der Waals surface area contributed by atoms with E-state index in [1.165, 1.54) is 23.8 Å². The van der Waals surface area contributed by atoms with Crippen molar-refractivity contribution < 1.29 is 9.53 Å². The molecule has 118 valence electrons.